The van der Waals surface area contributed by atoms with Gasteiger partial charge in [-0.1, -0.05) is 6.08 Å². The first-order chi connectivity index (χ1) is 6.75. The molecule has 0 bridgehead atoms. The van der Waals surface area contributed by atoms with E-state index in [-0.39, 0.29) is 11.7 Å². The molecule has 0 spiro atoms. The van der Waals surface area contributed by atoms with E-state index >= 15 is 0 Å². The Bertz CT molecular complexity index is 396. The van der Waals surface area contributed by atoms with E-state index < -0.39 is 0 Å². The molecule has 0 aromatic heterocycles. The second-order valence-corrected chi connectivity index (χ2v) is 3.27. The molecule has 0 unspecified atom stereocenters. The number of carbonyl (C=O) groups excluding carboxylic acids is 1. The van der Waals surface area contributed by atoms with Crippen molar-refractivity contribution in [3.05, 3.63) is 35.9 Å². The van der Waals surface area contributed by atoms with E-state index in [1.807, 2.05) is 6.08 Å². The monoisotopic (exact) mass is 189 g/mol. The van der Waals surface area contributed by atoms with Crippen LogP contribution in [0, 0.1) is 0 Å². The van der Waals surface area contributed by atoms with Crippen LogP contribution in [0.15, 0.2) is 30.4 Å². The molecule has 14 heavy (non-hydrogen) atoms. The van der Waals surface area contributed by atoms with Gasteiger partial charge in [-0.05, 0) is 42.7 Å². The molecule has 0 aliphatic carbocycles. The summed E-state index contributed by atoms with van der Waals surface area (Å²) in [4.78, 5) is 11.2. The van der Waals surface area contributed by atoms with Gasteiger partial charge in [-0.2, -0.15) is 0 Å². The standard InChI is InChI=1S/C11H11NO2/c13-9-5-6-10-8(7-9)3-1-2-4-11(14)12-10/h2,4-7,13H,1,3H2,(H,12,14)/b4-2-. The number of carbonyl (C=O) groups is 1. The first-order valence-corrected chi connectivity index (χ1v) is 4.55. The van der Waals surface area contributed by atoms with Crippen LogP contribution >= 0.6 is 0 Å². The summed E-state index contributed by atoms with van der Waals surface area (Å²) in [5.41, 5.74) is 1.76. The summed E-state index contributed by atoms with van der Waals surface area (Å²) >= 11 is 0. The number of allylic oxidation sites excluding steroid dienone is 1. The Labute approximate surface area is 82.1 Å². The normalized spacial score (nSPS) is 17.6. The molecular weight excluding hydrogens is 178 g/mol. The summed E-state index contributed by atoms with van der Waals surface area (Å²) in [6, 6.07) is 4.99. The van der Waals surface area contributed by atoms with Gasteiger partial charge in [-0.15, -0.1) is 0 Å². The predicted molar refractivity (Wildman–Crippen MR) is 54.2 cm³/mol. The number of anilines is 1. The minimum atomic E-state index is -0.114. The third-order valence-corrected chi connectivity index (χ3v) is 2.20. The van der Waals surface area contributed by atoms with Gasteiger partial charge in [-0.25, -0.2) is 0 Å². The number of benzene rings is 1. The molecule has 0 fully saturated rings. The lowest BCUT2D eigenvalue weighted by molar-refractivity contribution is -0.111. The molecule has 1 aliphatic heterocycles. The lowest BCUT2D eigenvalue weighted by Gasteiger charge is -2.11. The van der Waals surface area contributed by atoms with E-state index in [9.17, 15) is 9.90 Å². The number of fused-ring (bicyclic) bond motifs is 1. The van der Waals surface area contributed by atoms with Crippen molar-refractivity contribution in [2.45, 2.75) is 12.8 Å². The second-order valence-electron chi connectivity index (χ2n) is 3.27. The summed E-state index contributed by atoms with van der Waals surface area (Å²) in [6.45, 7) is 0. The topological polar surface area (TPSA) is 49.3 Å². The minimum absolute atomic E-state index is 0.114. The van der Waals surface area contributed by atoms with Crippen LogP contribution in [0.2, 0.25) is 0 Å². The molecular formula is C11H11NO2. The lowest BCUT2D eigenvalue weighted by atomic mass is 10.1. The van der Waals surface area contributed by atoms with Crippen molar-refractivity contribution in [3.63, 3.8) is 0 Å². The van der Waals surface area contributed by atoms with Crippen molar-refractivity contribution in [1.82, 2.24) is 0 Å². The van der Waals surface area contributed by atoms with Crippen LogP contribution in [0.5, 0.6) is 5.75 Å². The van der Waals surface area contributed by atoms with Gasteiger partial charge in [0.25, 0.3) is 0 Å². The average Bonchev–Trinajstić information content (AvgIpc) is 2.13. The van der Waals surface area contributed by atoms with Crippen LogP contribution in [0.4, 0.5) is 5.69 Å². The van der Waals surface area contributed by atoms with Gasteiger partial charge in [-0.3, -0.25) is 4.79 Å². The van der Waals surface area contributed by atoms with Crippen molar-refractivity contribution in [2.75, 3.05) is 5.32 Å². The average molecular weight is 189 g/mol. The maximum absolute atomic E-state index is 11.2. The number of rotatable bonds is 0. The maximum atomic E-state index is 11.2. The molecule has 0 radical (unpaired) electrons. The smallest absolute Gasteiger partial charge is 0.248 e. The predicted octanol–water partition coefficient (Wildman–Crippen LogP) is 1.83. The fourth-order valence-electron chi connectivity index (χ4n) is 1.51. The number of aryl methyl sites for hydroxylation is 1. The summed E-state index contributed by atoms with van der Waals surface area (Å²) in [5, 5.41) is 12.0. The maximum Gasteiger partial charge on any atom is 0.248 e. The molecule has 1 heterocycles. The Hall–Kier alpha value is -1.77. The van der Waals surface area contributed by atoms with Gasteiger partial charge in [0.15, 0.2) is 0 Å². The van der Waals surface area contributed by atoms with Crippen molar-refractivity contribution in [3.8, 4) is 5.75 Å². The zero-order chi connectivity index (χ0) is 9.97. The number of nitrogens with one attached hydrogen (secondary N) is 1. The van der Waals surface area contributed by atoms with Crippen molar-refractivity contribution < 1.29 is 9.90 Å². The van der Waals surface area contributed by atoms with Gasteiger partial charge in [0.05, 0.1) is 0 Å². The SMILES string of the molecule is O=C1/C=C\CCc2cc(O)ccc2N1. The molecule has 1 aromatic rings. The molecule has 2 N–H and O–H groups in total. The molecule has 1 aromatic carbocycles. The lowest BCUT2D eigenvalue weighted by Crippen LogP contribution is -2.11. The van der Waals surface area contributed by atoms with Gasteiger partial charge < -0.3 is 10.4 Å². The highest BCUT2D eigenvalue weighted by molar-refractivity contribution is 6.00. The number of hydrogen-bond donors (Lipinski definition) is 2. The van der Waals surface area contributed by atoms with Crippen molar-refractivity contribution in [1.29, 1.82) is 0 Å². The zero-order valence-electron chi connectivity index (χ0n) is 7.66. The van der Waals surface area contributed by atoms with Crippen LogP contribution in [0.25, 0.3) is 0 Å². The molecule has 0 saturated carbocycles. The van der Waals surface area contributed by atoms with Crippen LogP contribution in [0.3, 0.4) is 0 Å². The first-order valence-electron chi connectivity index (χ1n) is 4.55. The second kappa shape index (κ2) is 3.54. The third kappa shape index (κ3) is 1.76. The van der Waals surface area contributed by atoms with E-state index in [2.05, 4.69) is 5.32 Å². The fourth-order valence-corrected chi connectivity index (χ4v) is 1.51. The molecule has 0 saturated heterocycles. The Balaban J connectivity index is 2.39. The van der Waals surface area contributed by atoms with E-state index in [1.54, 1.807) is 18.2 Å². The first kappa shape index (κ1) is 8.81. The highest BCUT2D eigenvalue weighted by Crippen LogP contribution is 2.23. The van der Waals surface area contributed by atoms with Gasteiger partial charge in [0, 0.05) is 5.69 Å². The largest absolute Gasteiger partial charge is 0.508 e. The Morgan fingerprint density at radius 2 is 2.21 bits per heavy atom. The van der Waals surface area contributed by atoms with E-state index in [1.165, 1.54) is 6.08 Å². The van der Waals surface area contributed by atoms with Gasteiger partial charge in [0.2, 0.25) is 5.91 Å². The molecule has 1 amide bonds. The van der Waals surface area contributed by atoms with Crippen LogP contribution in [0.1, 0.15) is 12.0 Å². The summed E-state index contributed by atoms with van der Waals surface area (Å²) in [6.07, 6.45) is 5.03. The summed E-state index contributed by atoms with van der Waals surface area (Å²) in [5.74, 6) is 0.124. The van der Waals surface area contributed by atoms with Crippen LogP contribution in [-0.2, 0) is 11.2 Å². The summed E-state index contributed by atoms with van der Waals surface area (Å²) < 4.78 is 0. The zero-order valence-corrected chi connectivity index (χ0v) is 7.66. The number of phenolic OH excluding ortho intramolecular Hbond substituents is 1. The fraction of sp³-hybridized carbons (Fsp3) is 0.182. The number of aromatic hydroxyl groups is 1. The van der Waals surface area contributed by atoms with Crippen molar-refractivity contribution in [2.24, 2.45) is 0 Å². The number of hydrogen-bond acceptors (Lipinski definition) is 2. The summed E-state index contributed by atoms with van der Waals surface area (Å²) in [7, 11) is 0. The number of phenols is 1. The highest BCUT2D eigenvalue weighted by atomic mass is 16.3. The van der Waals surface area contributed by atoms with E-state index in [4.69, 9.17) is 0 Å². The molecule has 1 aliphatic rings. The molecule has 72 valence electrons. The van der Waals surface area contributed by atoms with Gasteiger partial charge >= 0.3 is 0 Å². The Morgan fingerprint density at radius 1 is 1.36 bits per heavy atom. The molecule has 2 rings (SSSR count). The van der Waals surface area contributed by atoms with Crippen LogP contribution < -0.4 is 5.32 Å². The third-order valence-electron chi connectivity index (χ3n) is 2.20. The molecule has 0 atom stereocenters. The van der Waals surface area contributed by atoms with E-state index in [0.717, 1.165) is 24.1 Å². The number of amides is 1. The van der Waals surface area contributed by atoms with E-state index in [0.29, 0.717) is 0 Å². The van der Waals surface area contributed by atoms with Crippen molar-refractivity contribution >= 4 is 11.6 Å². The van der Waals surface area contributed by atoms with Gasteiger partial charge in [0.1, 0.15) is 5.75 Å². The Morgan fingerprint density at radius 3 is 3.07 bits per heavy atom. The van der Waals surface area contributed by atoms with Crippen LogP contribution in [-0.4, -0.2) is 11.0 Å². The Kier molecular flexibility index (Phi) is 2.23. The molecule has 3 heteroatoms. The minimum Gasteiger partial charge on any atom is -0.508 e. The highest BCUT2D eigenvalue weighted by Gasteiger charge is 2.07. The quantitative estimate of drug-likeness (QED) is 0.612. The molecule has 3 nitrogen and oxygen atoms in total.